The number of rotatable bonds is 4. The monoisotopic (exact) mass is 416 g/mol. The third-order valence-electron chi connectivity index (χ3n) is 5.90. The number of allylic oxidation sites excluding steroid dienone is 2. The molecule has 2 aliphatic carbocycles. The second-order valence-electron chi connectivity index (χ2n) is 7.54. The summed E-state index contributed by atoms with van der Waals surface area (Å²) in [5.41, 5.74) is 2.75. The highest BCUT2D eigenvalue weighted by molar-refractivity contribution is 9.10. The molecule has 6 heteroatoms. The van der Waals surface area contributed by atoms with Crippen molar-refractivity contribution in [1.82, 2.24) is 4.90 Å². The maximum Gasteiger partial charge on any atom is 0.233 e. The number of carbonyl (C=O) groups excluding carboxylic acids is 3. The van der Waals surface area contributed by atoms with E-state index in [1.54, 1.807) is 0 Å². The Kier molecular flexibility index (Phi) is 4.26. The third kappa shape index (κ3) is 2.71. The van der Waals surface area contributed by atoms with Crippen LogP contribution in [0.3, 0.4) is 0 Å². The van der Waals surface area contributed by atoms with Gasteiger partial charge in [0, 0.05) is 23.1 Å². The van der Waals surface area contributed by atoms with Gasteiger partial charge in [0.05, 0.1) is 11.8 Å². The van der Waals surface area contributed by atoms with Crippen LogP contribution in [0.5, 0.6) is 0 Å². The zero-order valence-corrected chi connectivity index (χ0v) is 16.4. The number of benzene rings is 1. The number of fused-ring (bicyclic) bond motifs is 5. The Morgan fingerprint density at radius 2 is 1.73 bits per heavy atom. The summed E-state index contributed by atoms with van der Waals surface area (Å²) in [4.78, 5) is 38.9. The van der Waals surface area contributed by atoms with E-state index >= 15 is 0 Å². The molecule has 4 rings (SSSR count). The van der Waals surface area contributed by atoms with Gasteiger partial charge in [0.15, 0.2) is 0 Å². The van der Waals surface area contributed by atoms with Crippen LogP contribution in [0.15, 0.2) is 28.8 Å². The largest absolute Gasteiger partial charge is 0.326 e. The molecule has 5 nitrogen and oxygen atoms in total. The van der Waals surface area contributed by atoms with E-state index in [4.69, 9.17) is 0 Å². The number of likely N-dealkylation sites (tertiary alicyclic amines) is 1. The lowest BCUT2D eigenvalue weighted by Crippen LogP contribution is -2.35. The van der Waals surface area contributed by atoms with E-state index in [2.05, 4.69) is 33.4 Å². The lowest BCUT2D eigenvalue weighted by atomic mass is 9.85. The SMILES string of the molecule is Cc1cc(NC(=O)CCN2C(=O)[C@@H]3[C@H](C2=O)[C@H]2C=C[C@H]3C2)c(C)cc1Br. The number of hydrogen-bond donors (Lipinski definition) is 1. The summed E-state index contributed by atoms with van der Waals surface area (Å²) in [6.07, 6.45) is 5.19. The Morgan fingerprint density at radius 1 is 1.12 bits per heavy atom. The topological polar surface area (TPSA) is 66.5 Å². The molecule has 2 bridgehead atoms. The van der Waals surface area contributed by atoms with Gasteiger partial charge in [-0.05, 0) is 55.4 Å². The highest BCUT2D eigenvalue weighted by Crippen LogP contribution is 2.52. The molecule has 136 valence electrons. The minimum atomic E-state index is -0.197. The molecule has 1 aromatic carbocycles. The summed E-state index contributed by atoms with van der Waals surface area (Å²) >= 11 is 3.47. The minimum Gasteiger partial charge on any atom is -0.326 e. The van der Waals surface area contributed by atoms with Gasteiger partial charge in [-0.15, -0.1) is 0 Å². The predicted molar refractivity (Wildman–Crippen MR) is 101 cm³/mol. The molecule has 0 radical (unpaired) electrons. The van der Waals surface area contributed by atoms with E-state index in [0.717, 1.165) is 27.7 Å². The quantitative estimate of drug-likeness (QED) is 0.605. The van der Waals surface area contributed by atoms with Crippen molar-refractivity contribution in [2.45, 2.75) is 26.7 Å². The normalized spacial score (nSPS) is 28.8. The Labute approximate surface area is 160 Å². The second kappa shape index (κ2) is 6.34. The van der Waals surface area contributed by atoms with Gasteiger partial charge < -0.3 is 5.32 Å². The van der Waals surface area contributed by atoms with Gasteiger partial charge in [0.1, 0.15) is 0 Å². The average Bonchev–Trinajstić information content (AvgIpc) is 3.26. The first kappa shape index (κ1) is 17.5. The van der Waals surface area contributed by atoms with Crippen LogP contribution in [0.1, 0.15) is 24.0 Å². The van der Waals surface area contributed by atoms with Crippen molar-refractivity contribution in [3.63, 3.8) is 0 Å². The van der Waals surface area contributed by atoms with Gasteiger partial charge in [-0.2, -0.15) is 0 Å². The van der Waals surface area contributed by atoms with Gasteiger partial charge in [-0.25, -0.2) is 0 Å². The molecule has 3 amide bonds. The van der Waals surface area contributed by atoms with Crippen molar-refractivity contribution in [3.8, 4) is 0 Å². The molecule has 26 heavy (non-hydrogen) atoms. The van der Waals surface area contributed by atoms with Crippen molar-refractivity contribution in [1.29, 1.82) is 0 Å². The number of anilines is 1. The Bertz CT molecular complexity index is 818. The Morgan fingerprint density at radius 3 is 2.35 bits per heavy atom. The van der Waals surface area contributed by atoms with Crippen LogP contribution < -0.4 is 5.32 Å². The van der Waals surface area contributed by atoms with E-state index < -0.39 is 0 Å². The van der Waals surface area contributed by atoms with Crippen LogP contribution in [-0.4, -0.2) is 29.2 Å². The number of aryl methyl sites for hydroxylation is 2. The zero-order valence-electron chi connectivity index (χ0n) is 14.8. The van der Waals surface area contributed by atoms with Gasteiger partial charge in [-0.1, -0.05) is 28.1 Å². The molecule has 0 unspecified atom stereocenters. The molecule has 0 aromatic heterocycles. The van der Waals surface area contributed by atoms with Crippen molar-refractivity contribution in [2.75, 3.05) is 11.9 Å². The van der Waals surface area contributed by atoms with Crippen LogP contribution in [0.4, 0.5) is 5.69 Å². The van der Waals surface area contributed by atoms with E-state index in [1.807, 2.05) is 26.0 Å². The van der Waals surface area contributed by atoms with Crippen molar-refractivity contribution < 1.29 is 14.4 Å². The molecule has 1 saturated carbocycles. The molecule has 1 aromatic rings. The first-order valence-corrected chi connectivity index (χ1v) is 9.76. The smallest absolute Gasteiger partial charge is 0.233 e. The van der Waals surface area contributed by atoms with Gasteiger partial charge in [0.25, 0.3) is 0 Å². The van der Waals surface area contributed by atoms with Crippen LogP contribution in [0.2, 0.25) is 0 Å². The maximum atomic E-state index is 12.6. The summed E-state index contributed by atoms with van der Waals surface area (Å²) in [5.74, 6) is -0.370. The van der Waals surface area contributed by atoms with Crippen LogP contribution in [-0.2, 0) is 14.4 Å². The highest BCUT2D eigenvalue weighted by Gasteiger charge is 2.58. The molecule has 3 aliphatic rings. The van der Waals surface area contributed by atoms with Crippen molar-refractivity contribution in [2.24, 2.45) is 23.7 Å². The molecule has 4 atom stereocenters. The first-order chi connectivity index (χ1) is 12.4. The molecule has 2 fully saturated rings. The Hall–Kier alpha value is -1.95. The van der Waals surface area contributed by atoms with Crippen molar-refractivity contribution >= 4 is 39.3 Å². The maximum absolute atomic E-state index is 12.6. The van der Waals surface area contributed by atoms with Crippen LogP contribution in [0.25, 0.3) is 0 Å². The number of carbonyl (C=O) groups is 3. The molecule has 1 N–H and O–H groups in total. The summed E-state index contributed by atoms with van der Waals surface area (Å²) in [5, 5.41) is 2.89. The molecular formula is C20H21BrN2O3. The minimum absolute atomic E-state index is 0.0969. The fourth-order valence-electron chi connectivity index (χ4n) is 4.53. The van der Waals surface area contributed by atoms with Crippen molar-refractivity contribution in [3.05, 3.63) is 39.9 Å². The zero-order chi connectivity index (χ0) is 18.6. The van der Waals surface area contributed by atoms with Gasteiger partial charge in [-0.3, -0.25) is 19.3 Å². The lowest BCUT2D eigenvalue weighted by molar-refractivity contribution is -0.140. The summed E-state index contributed by atoms with van der Waals surface area (Å²) in [6, 6.07) is 3.87. The standard InChI is InChI=1S/C20H21BrN2O3/c1-10-8-15(11(2)7-14(10)21)22-16(24)5-6-23-19(25)17-12-3-4-13(9-12)18(17)20(23)26/h3-4,7-8,12-13,17-18H,5-6,9H2,1-2H3,(H,22,24)/t12-,13-,17-,18+/m0/s1. The lowest BCUT2D eigenvalue weighted by Gasteiger charge is -2.17. The molecule has 1 saturated heterocycles. The molecule has 1 aliphatic heterocycles. The summed E-state index contributed by atoms with van der Waals surface area (Å²) in [6.45, 7) is 4.05. The summed E-state index contributed by atoms with van der Waals surface area (Å²) < 4.78 is 0.996. The van der Waals surface area contributed by atoms with E-state index in [1.165, 1.54) is 4.90 Å². The Balaban J connectivity index is 1.39. The summed E-state index contributed by atoms with van der Waals surface area (Å²) in [7, 11) is 0. The molecular weight excluding hydrogens is 396 g/mol. The van der Waals surface area contributed by atoms with E-state index in [-0.39, 0.29) is 54.4 Å². The number of hydrogen-bond acceptors (Lipinski definition) is 3. The fourth-order valence-corrected chi connectivity index (χ4v) is 4.98. The van der Waals surface area contributed by atoms with Gasteiger partial charge >= 0.3 is 0 Å². The molecule has 0 spiro atoms. The predicted octanol–water partition coefficient (Wildman–Crippen LogP) is 3.20. The number of amides is 3. The van der Waals surface area contributed by atoms with Crippen LogP contribution in [0, 0.1) is 37.5 Å². The van der Waals surface area contributed by atoms with E-state index in [0.29, 0.717) is 0 Å². The number of nitrogens with zero attached hydrogens (tertiary/aromatic N) is 1. The fraction of sp³-hybridized carbons (Fsp3) is 0.450. The highest BCUT2D eigenvalue weighted by atomic mass is 79.9. The van der Waals surface area contributed by atoms with Gasteiger partial charge in [0.2, 0.25) is 17.7 Å². The van der Waals surface area contributed by atoms with E-state index in [9.17, 15) is 14.4 Å². The number of imide groups is 1. The first-order valence-electron chi connectivity index (χ1n) is 8.97. The number of halogens is 1. The molecule has 1 heterocycles. The van der Waals surface area contributed by atoms with Crippen LogP contribution >= 0.6 is 15.9 Å². The number of nitrogens with one attached hydrogen (secondary N) is 1. The average molecular weight is 417 g/mol. The second-order valence-corrected chi connectivity index (χ2v) is 8.40. The third-order valence-corrected chi connectivity index (χ3v) is 6.76.